The number of anilines is 4. The van der Waals surface area contributed by atoms with Crippen LogP contribution in [0.3, 0.4) is 0 Å². The molecule has 2 heterocycles. The van der Waals surface area contributed by atoms with Gasteiger partial charge in [0.1, 0.15) is 17.5 Å². The molecule has 5 nitrogen and oxygen atoms in total. The molecule has 1 saturated heterocycles. The van der Waals surface area contributed by atoms with Crippen LogP contribution in [0, 0.1) is 11.6 Å². The summed E-state index contributed by atoms with van der Waals surface area (Å²) in [4.78, 5) is 13.3. The Kier molecular flexibility index (Phi) is 4.82. The quantitative estimate of drug-likeness (QED) is 0.759. The van der Waals surface area contributed by atoms with E-state index in [1.54, 1.807) is 36.5 Å². The molecule has 0 amide bonds. The minimum absolute atomic E-state index is 0.226. The maximum absolute atomic E-state index is 13.1. The van der Waals surface area contributed by atoms with E-state index in [2.05, 4.69) is 25.1 Å². The summed E-state index contributed by atoms with van der Waals surface area (Å²) in [6, 6.07) is 14.5. The van der Waals surface area contributed by atoms with E-state index in [9.17, 15) is 8.78 Å². The number of aromatic nitrogens is 2. The van der Waals surface area contributed by atoms with Gasteiger partial charge in [-0.1, -0.05) is 0 Å². The summed E-state index contributed by atoms with van der Waals surface area (Å²) in [6.07, 6.45) is 1.71. The lowest BCUT2D eigenvalue weighted by atomic mass is 10.2. The molecular weight excluding hydrogens is 348 g/mol. The van der Waals surface area contributed by atoms with E-state index in [0.717, 1.165) is 37.6 Å². The second-order valence-electron chi connectivity index (χ2n) is 6.32. The van der Waals surface area contributed by atoms with Gasteiger partial charge in [0.05, 0.1) is 0 Å². The molecule has 3 aromatic rings. The van der Waals surface area contributed by atoms with Crippen molar-refractivity contribution in [1.82, 2.24) is 9.97 Å². The molecule has 27 heavy (non-hydrogen) atoms. The van der Waals surface area contributed by atoms with Gasteiger partial charge in [-0.2, -0.15) is 4.98 Å². The van der Waals surface area contributed by atoms with Crippen molar-refractivity contribution in [3.05, 3.63) is 72.4 Å². The first-order valence-electron chi connectivity index (χ1n) is 8.78. The minimum Gasteiger partial charge on any atom is -0.368 e. The van der Waals surface area contributed by atoms with Crippen molar-refractivity contribution >= 4 is 23.1 Å². The smallest absolute Gasteiger partial charge is 0.227 e. The number of halogens is 2. The molecule has 0 atom stereocenters. The van der Waals surface area contributed by atoms with Crippen molar-refractivity contribution in [2.24, 2.45) is 0 Å². The molecule has 0 radical (unpaired) electrons. The second-order valence-corrected chi connectivity index (χ2v) is 6.32. The Labute approximate surface area is 156 Å². The molecular formula is C20H19F2N5. The number of hydrogen-bond donors (Lipinski definition) is 1. The molecule has 138 valence electrons. The summed E-state index contributed by atoms with van der Waals surface area (Å²) >= 11 is 0. The number of rotatable bonds is 4. The van der Waals surface area contributed by atoms with Gasteiger partial charge in [-0.3, -0.25) is 0 Å². The first kappa shape index (κ1) is 17.2. The molecule has 1 aromatic heterocycles. The van der Waals surface area contributed by atoms with Gasteiger partial charge in [-0.05, 0) is 54.6 Å². The van der Waals surface area contributed by atoms with Gasteiger partial charge < -0.3 is 15.1 Å². The van der Waals surface area contributed by atoms with Crippen molar-refractivity contribution in [3.63, 3.8) is 0 Å². The summed E-state index contributed by atoms with van der Waals surface area (Å²) in [6.45, 7) is 3.17. The third-order valence-electron chi connectivity index (χ3n) is 4.51. The van der Waals surface area contributed by atoms with Gasteiger partial charge in [0, 0.05) is 43.8 Å². The molecule has 0 unspecified atom stereocenters. The van der Waals surface area contributed by atoms with Crippen LogP contribution in [0.25, 0.3) is 0 Å². The van der Waals surface area contributed by atoms with Crippen LogP contribution >= 0.6 is 0 Å². The van der Waals surface area contributed by atoms with E-state index in [0.29, 0.717) is 11.8 Å². The van der Waals surface area contributed by atoms with E-state index >= 15 is 0 Å². The van der Waals surface area contributed by atoms with Crippen LogP contribution in [0.4, 0.5) is 31.9 Å². The first-order chi connectivity index (χ1) is 13.2. The fourth-order valence-electron chi connectivity index (χ4n) is 3.07. The Morgan fingerprint density at radius 1 is 0.741 bits per heavy atom. The number of piperazine rings is 1. The molecule has 4 rings (SSSR count). The van der Waals surface area contributed by atoms with Crippen LogP contribution in [-0.4, -0.2) is 36.1 Å². The Bertz CT molecular complexity index is 891. The molecule has 0 saturated carbocycles. The molecule has 0 aliphatic carbocycles. The average molecular weight is 367 g/mol. The summed E-state index contributed by atoms with van der Waals surface area (Å²) in [5.41, 5.74) is 1.78. The van der Waals surface area contributed by atoms with Gasteiger partial charge in [0.25, 0.3) is 0 Å². The molecule has 0 spiro atoms. The molecule has 0 bridgehead atoms. The van der Waals surface area contributed by atoms with Gasteiger partial charge in [-0.15, -0.1) is 0 Å². The Balaban J connectivity index is 1.41. The monoisotopic (exact) mass is 367 g/mol. The molecule has 1 aliphatic heterocycles. The lowest BCUT2D eigenvalue weighted by Gasteiger charge is -2.36. The highest BCUT2D eigenvalue weighted by molar-refractivity contribution is 5.57. The summed E-state index contributed by atoms with van der Waals surface area (Å²) in [5.74, 6) is 0.813. The lowest BCUT2D eigenvalue weighted by Crippen LogP contribution is -2.47. The molecule has 1 fully saturated rings. The van der Waals surface area contributed by atoms with Crippen LogP contribution in [0.5, 0.6) is 0 Å². The van der Waals surface area contributed by atoms with E-state index in [1.165, 1.54) is 24.3 Å². The summed E-state index contributed by atoms with van der Waals surface area (Å²) < 4.78 is 26.1. The highest BCUT2D eigenvalue weighted by Crippen LogP contribution is 2.21. The van der Waals surface area contributed by atoms with Gasteiger partial charge >= 0.3 is 0 Å². The zero-order valence-corrected chi connectivity index (χ0v) is 14.6. The van der Waals surface area contributed by atoms with Gasteiger partial charge in [-0.25, -0.2) is 13.8 Å². The largest absolute Gasteiger partial charge is 0.368 e. The average Bonchev–Trinajstić information content (AvgIpc) is 2.71. The zero-order chi connectivity index (χ0) is 18.6. The van der Waals surface area contributed by atoms with Gasteiger partial charge in [0.2, 0.25) is 5.95 Å². The van der Waals surface area contributed by atoms with Crippen molar-refractivity contribution < 1.29 is 8.78 Å². The number of benzene rings is 2. The predicted molar refractivity (Wildman–Crippen MR) is 103 cm³/mol. The third-order valence-corrected chi connectivity index (χ3v) is 4.51. The van der Waals surface area contributed by atoms with Crippen molar-refractivity contribution in [2.75, 3.05) is 41.3 Å². The first-order valence-corrected chi connectivity index (χ1v) is 8.78. The molecule has 7 heteroatoms. The number of nitrogens with zero attached hydrogens (tertiary/aromatic N) is 4. The topological polar surface area (TPSA) is 44.3 Å². The Morgan fingerprint density at radius 2 is 1.33 bits per heavy atom. The van der Waals surface area contributed by atoms with E-state index in [1.807, 2.05) is 0 Å². The van der Waals surface area contributed by atoms with Crippen LogP contribution in [0.2, 0.25) is 0 Å². The fourth-order valence-corrected chi connectivity index (χ4v) is 3.07. The summed E-state index contributed by atoms with van der Waals surface area (Å²) in [5, 5.41) is 3.16. The van der Waals surface area contributed by atoms with Crippen molar-refractivity contribution in [2.45, 2.75) is 0 Å². The maximum atomic E-state index is 13.1. The van der Waals surface area contributed by atoms with Crippen LogP contribution in [-0.2, 0) is 0 Å². The second kappa shape index (κ2) is 7.57. The van der Waals surface area contributed by atoms with Crippen molar-refractivity contribution in [1.29, 1.82) is 0 Å². The normalized spacial score (nSPS) is 14.3. The van der Waals surface area contributed by atoms with E-state index < -0.39 is 0 Å². The maximum Gasteiger partial charge on any atom is 0.227 e. The Morgan fingerprint density at radius 3 is 2.00 bits per heavy atom. The number of hydrogen-bond acceptors (Lipinski definition) is 5. The van der Waals surface area contributed by atoms with Gasteiger partial charge in [0.15, 0.2) is 0 Å². The van der Waals surface area contributed by atoms with Crippen LogP contribution in [0.1, 0.15) is 0 Å². The fraction of sp³-hybridized carbons (Fsp3) is 0.200. The molecule has 1 aliphatic rings. The highest BCUT2D eigenvalue weighted by Gasteiger charge is 2.19. The Hall–Kier alpha value is -3.22. The predicted octanol–water partition coefficient (Wildman–Crippen LogP) is 3.83. The third kappa shape index (κ3) is 4.13. The zero-order valence-electron chi connectivity index (χ0n) is 14.6. The standard InChI is InChI=1S/C20H19F2N5/c21-15-1-5-17(6-2-15)24-19-9-10-23-20(25-19)27-13-11-26(12-14-27)18-7-3-16(22)4-8-18/h1-10H,11-14H2,(H,23,24,25). The summed E-state index contributed by atoms with van der Waals surface area (Å²) in [7, 11) is 0. The van der Waals surface area contributed by atoms with Crippen molar-refractivity contribution in [3.8, 4) is 0 Å². The van der Waals surface area contributed by atoms with Crippen LogP contribution < -0.4 is 15.1 Å². The minimum atomic E-state index is -0.275. The molecule has 2 aromatic carbocycles. The SMILES string of the molecule is Fc1ccc(Nc2ccnc(N3CCN(c4ccc(F)cc4)CC3)n2)cc1. The van der Waals surface area contributed by atoms with Crippen LogP contribution in [0.15, 0.2) is 60.8 Å². The highest BCUT2D eigenvalue weighted by atomic mass is 19.1. The lowest BCUT2D eigenvalue weighted by molar-refractivity contribution is 0.623. The number of nitrogens with one attached hydrogen (secondary N) is 1. The molecule has 1 N–H and O–H groups in total. The van der Waals surface area contributed by atoms with E-state index in [-0.39, 0.29) is 11.6 Å². The van der Waals surface area contributed by atoms with E-state index in [4.69, 9.17) is 0 Å².